The third-order valence-electron chi connectivity index (χ3n) is 2.16. The molecule has 0 atom stereocenters. The minimum atomic E-state index is -1.27. The molecule has 0 heterocycles. The van der Waals surface area contributed by atoms with Gasteiger partial charge in [-0.05, 0) is 12.1 Å². The van der Waals surface area contributed by atoms with Crippen LogP contribution in [-0.2, 0) is 16.1 Å². The number of carboxylic acids is 2. The van der Waals surface area contributed by atoms with Crippen LogP contribution in [0.2, 0.25) is 0 Å². The number of rotatable bonds is 6. The van der Waals surface area contributed by atoms with Crippen LogP contribution in [0.15, 0.2) is 18.2 Å². The monoisotopic (exact) mass is 259 g/mol. The molecule has 0 unspecified atom stereocenters. The zero-order valence-corrected chi connectivity index (χ0v) is 9.27. The van der Waals surface area contributed by atoms with Crippen LogP contribution in [-0.4, -0.2) is 40.1 Å². The van der Waals surface area contributed by atoms with Gasteiger partial charge in [-0.3, -0.25) is 14.5 Å². The molecule has 1 rings (SSSR count). The molecule has 0 aliphatic heterocycles. The Morgan fingerprint density at radius 2 is 1.50 bits per heavy atom. The van der Waals surface area contributed by atoms with Gasteiger partial charge in [-0.2, -0.15) is 0 Å². The number of hydrogen-bond acceptors (Lipinski definition) is 3. The van der Waals surface area contributed by atoms with Gasteiger partial charge >= 0.3 is 11.9 Å². The molecule has 0 radical (unpaired) electrons. The normalized spacial score (nSPS) is 10.6. The van der Waals surface area contributed by atoms with E-state index in [0.29, 0.717) is 0 Å². The van der Waals surface area contributed by atoms with Gasteiger partial charge in [0.1, 0.15) is 11.6 Å². The van der Waals surface area contributed by atoms with Crippen molar-refractivity contribution < 1.29 is 28.6 Å². The van der Waals surface area contributed by atoms with Crippen molar-refractivity contribution in [3.63, 3.8) is 0 Å². The molecule has 0 saturated heterocycles. The summed E-state index contributed by atoms with van der Waals surface area (Å²) in [5, 5.41) is 17.2. The molecule has 0 fully saturated rings. The van der Waals surface area contributed by atoms with E-state index >= 15 is 0 Å². The van der Waals surface area contributed by atoms with E-state index in [0.717, 1.165) is 17.0 Å². The maximum atomic E-state index is 13.3. The smallest absolute Gasteiger partial charge is 0.317 e. The summed E-state index contributed by atoms with van der Waals surface area (Å²) in [6.45, 7) is -1.64. The van der Waals surface area contributed by atoms with Gasteiger partial charge in [0.05, 0.1) is 13.1 Å². The van der Waals surface area contributed by atoms with Crippen molar-refractivity contribution in [2.24, 2.45) is 0 Å². The molecule has 0 aliphatic rings. The highest BCUT2D eigenvalue weighted by Gasteiger charge is 2.18. The summed E-state index contributed by atoms with van der Waals surface area (Å²) in [6, 6.07) is 3.23. The molecule has 5 nitrogen and oxygen atoms in total. The molecule has 1 aromatic rings. The van der Waals surface area contributed by atoms with Gasteiger partial charge in [0.15, 0.2) is 0 Å². The van der Waals surface area contributed by atoms with Gasteiger partial charge in [-0.25, -0.2) is 8.78 Å². The highest BCUT2D eigenvalue weighted by atomic mass is 19.1. The Balaban J connectivity index is 2.88. The lowest BCUT2D eigenvalue weighted by Crippen LogP contribution is -2.34. The van der Waals surface area contributed by atoms with Gasteiger partial charge < -0.3 is 10.2 Å². The Morgan fingerprint density at radius 3 is 1.89 bits per heavy atom. The average molecular weight is 259 g/mol. The topological polar surface area (TPSA) is 77.8 Å². The molecular formula is C11H11F2NO4. The van der Waals surface area contributed by atoms with Gasteiger partial charge in [-0.1, -0.05) is 6.07 Å². The maximum Gasteiger partial charge on any atom is 0.317 e. The lowest BCUT2D eigenvalue weighted by molar-refractivity contribution is -0.142. The fraction of sp³-hybridized carbons (Fsp3) is 0.273. The Morgan fingerprint density at radius 1 is 1.06 bits per heavy atom. The molecule has 0 aliphatic carbocycles. The van der Waals surface area contributed by atoms with Crippen LogP contribution in [0.1, 0.15) is 5.56 Å². The van der Waals surface area contributed by atoms with Gasteiger partial charge in [-0.15, -0.1) is 0 Å². The summed E-state index contributed by atoms with van der Waals surface area (Å²) < 4.78 is 26.6. The van der Waals surface area contributed by atoms with Crippen LogP contribution >= 0.6 is 0 Å². The summed E-state index contributed by atoms with van der Waals surface area (Å²) in [7, 11) is 0. The molecule has 1 aromatic carbocycles. The minimum absolute atomic E-state index is 0.347. The quantitative estimate of drug-likeness (QED) is 0.794. The summed E-state index contributed by atoms with van der Waals surface area (Å²) in [5.74, 6) is -4.22. The van der Waals surface area contributed by atoms with Crippen LogP contribution < -0.4 is 0 Å². The van der Waals surface area contributed by atoms with Gasteiger partial charge in [0.2, 0.25) is 0 Å². The molecule has 0 spiro atoms. The Bertz CT molecular complexity index is 428. The van der Waals surface area contributed by atoms with Crippen LogP contribution in [0, 0.1) is 11.6 Å². The van der Waals surface area contributed by atoms with E-state index in [4.69, 9.17) is 10.2 Å². The predicted octanol–water partition coefficient (Wildman–Crippen LogP) is 0.936. The first-order valence-electron chi connectivity index (χ1n) is 4.99. The highest BCUT2D eigenvalue weighted by Crippen LogP contribution is 2.14. The molecule has 98 valence electrons. The van der Waals surface area contributed by atoms with Crippen molar-refractivity contribution in [1.82, 2.24) is 4.90 Å². The second-order valence-corrected chi connectivity index (χ2v) is 3.63. The Hall–Kier alpha value is -2.02. The molecule has 18 heavy (non-hydrogen) atoms. The molecule has 0 saturated carbocycles. The number of carbonyl (C=O) groups is 2. The Kier molecular flexibility index (Phi) is 4.73. The van der Waals surface area contributed by atoms with E-state index in [1.54, 1.807) is 0 Å². The summed E-state index contributed by atoms with van der Waals surface area (Å²) in [5.41, 5.74) is -0.347. The van der Waals surface area contributed by atoms with Crippen molar-refractivity contribution in [1.29, 1.82) is 0 Å². The molecule has 0 amide bonds. The van der Waals surface area contributed by atoms with E-state index in [1.165, 1.54) is 6.07 Å². The molecule has 2 N–H and O–H groups in total. The Labute approximate surface area is 101 Å². The zero-order chi connectivity index (χ0) is 13.7. The number of nitrogens with zero attached hydrogens (tertiary/aromatic N) is 1. The van der Waals surface area contributed by atoms with Crippen LogP contribution in [0.4, 0.5) is 8.78 Å². The first-order chi connectivity index (χ1) is 8.40. The number of benzene rings is 1. The molecule has 0 bridgehead atoms. The maximum absolute atomic E-state index is 13.3. The van der Waals surface area contributed by atoms with Crippen LogP contribution in [0.3, 0.4) is 0 Å². The first kappa shape index (κ1) is 14.0. The second-order valence-electron chi connectivity index (χ2n) is 3.63. The van der Waals surface area contributed by atoms with E-state index in [2.05, 4.69) is 0 Å². The van der Waals surface area contributed by atoms with Crippen molar-refractivity contribution >= 4 is 11.9 Å². The fourth-order valence-corrected chi connectivity index (χ4v) is 1.46. The van der Waals surface area contributed by atoms with E-state index in [-0.39, 0.29) is 5.56 Å². The zero-order valence-electron chi connectivity index (χ0n) is 9.27. The van der Waals surface area contributed by atoms with Crippen molar-refractivity contribution in [3.8, 4) is 0 Å². The summed E-state index contributed by atoms with van der Waals surface area (Å²) >= 11 is 0. The standard InChI is InChI=1S/C11H11F2NO4/c12-8-2-1-3-9(13)7(8)4-14(5-10(15)16)6-11(17)18/h1-3H,4-6H2,(H,15,16)(H,17,18). The van der Waals surface area contributed by atoms with Crippen molar-refractivity contribution in [2.75, 3.05) is 13.1 Å². The summed E-state index contributed by atoms with van der Waals surface area (Å²) in [6.07, 6.45) is 0. The number of halogens is 2. The highest BCUT2D eigenvalue weighted by molar-refractivity contribution is 5.72. The van der Waals surface area contributed by atoms with Crippen LogP contribution in [0.5, 0.6) is 0 Å². The number of carboxylic acid groups (broad SMARTS) is 2. The fourth-order valence-electron chi connectivity index (χ4n) is 1.46. The van der Waals surface area contributed by atoms with Gasteiger partial charge in [0, 0.05) is 12.1 Å². The largest absolute Gasteiger partial charge is 0.480 e. The predicted molar refractivity (Wildman–Crippen MR) is 56.9 cm³/mol. The molecular weight excluding hydrogens is 248 g/mol. The lowest BCUT2D eigenvalue weighted by atomic mass is 10.2. The van der Waals surface area contributed by atoms with E-state index < -0.39 is 43.2 Å². The van der Waals surface area contributed by atoms with Crippen molar-refractivity contribution in [3.05, 3.63) is 35.4 Å². The SMILES string of the molecule is O=C(O)CN(CC(=O)O)Cc1c(F)cccc1F. The van der Waals surface area contributed by atoms with Gasteiger partial charge in [0.25, 0.3) is 0 Å². The van der Waals surface area contributed by atoms with E-state index in [1.807, 2.05) is 0 Å². The number of hydrogen-bond donors (Lipinski definition) is 2. The molecule has 0 aromatic heterocycles. The lowest BCUT2D eigenvalue weighted by Gasteiger charge is -2.18. The minimum Gasteiger partial charge on any atom is -0.480 e. The van der Waals surface area contributed by atoms with Crippen LogP contribution in [0.25, 0.3) is 0 Å². The first-order valence-corrected chi connectivity index (χ1v) is 4.99. The van der Waals surface area contributed by atoms with Crippen molar-refractivity contribution in [2.45, 2.75) is 6.54 Å². The number of aliphatic carboxylic acids is 2. The summed E-state index contributed by atoms with van der Waals surface area (Å²) in [4.78, 5) is 22.0. The average Bonchev–Trinajstić information content (AvgIpc) is 2.21. The third kappa shape index (κ3) is 4.10. The third-order valence-corrected chi connectivity index (χ3v) is 2.16. The molecule has 7 heteroatoms. The second kappa shape index (κ2) is 6.06. The van der Waals surface area contributed by atoms with E-state index in [9.17, 15) is 18.4 Å².